The maximum absolute atomic E-state index is 6.42. The first kappa shape index (κ1) is 31.5. The molecule has 0 saturated heterocycles. The van der Waals surface area contributed by atoms with Crippen molar-refractivity contribution in [2.24, 2.45) is 5.41 Å². The Morgan fingerprint density at radius 2 is 1.57 bits per heavy atom. The summed E-state index contributed by atoms with van der Waals surface area (Å²) in [7, 11) is 0. The zero-order valence-electron chi connectivity index (χ0n) is 27.0. The SMILES string of the molecule is Cc1ccc2c(c1)c1ccc(Oc3[c-]c(-n4nc(C)c(-c5ccccc5)c4C)ccc3)[c-]c1n2-c1cc(CC(C)(C)C)ccn1.[Pt+2]. The van der Waals surface area contributed by atoms with Gasteiger partial charge in [0.15, 0.2) is 0 Å². The summed E-state index contributed by atoms with van der Waals surface area (Å²) in [6.45, 7) is 13.0. The van der Waals surface area contributed by atoms with E-state index in [1.165, 1.54) is 16.5 Å². The van der Waals surface area contributed by atoms with Gasteiger partial charge in [0.05, 0.1) is 5.69 Å². The van der Waals surface area contributed by atoms with Gasteiger partial charge in [0.25, 0.3) is 0 Å². The van der Waals surface area contributed by atoms with Gasteiger partial charge in [-0.05, 0) is 73.0 Å². The maximum atomic E-state index is 6.42. The van der Waals surface area contributed by atoms with Crippen molar-refractivity contribution >= 4 is 21.8 Å². The van der Waals surface area contributed by atoms with Crippen LogP contribution < -0.4 is 4.74 Å². The first-order valence-corrected chi connectivity index (χ1v) is 15.4. The molecule has 7 aromatic rings. The van der Waals surface area contributed by atoms with E-state index in [1.807, 2.05) is 48.1 Å². The molecule has 0 spiro atoms. The third-order valence-corrected chi connectivity index (χ3v) is 8.13. The van der Waals surface area contributed by atoms with Gasteiger partial charge in [-0.3, -0.25) is 4.68 Å². The number of rotatable bonds is 6. The van der Waals surface area contributed by atoms with Crippen LogP contribution >= 0.6 is 0 Å². The Labute approximate surface area is 285 Å². The molecule has 0 aliphatic heterocycles. The third kappa shape index (κ3) is 6.04. The fourth-order valence-electron chi connectivity index (χ4n) is 6.28. The molecule has 232 valence electrons. The van der Waals surface area contributed by atoms with Crippen LogP contribution in [0.15, 0.2) is 97.2 Å². The van der Waals surface area contributed by atoms with E-state index in [2.05, 4.69) is 112 Å². The average molecular weight is 784 g/mol. The van der Waals surface area contributed by atoms with Gasteiger partial charge in [0.1, 0.15) is 5.82 Å². The number of aromatic nitrogens is 4. The molecule has 0 aliphatic rings. The predicted octanol–water partition coefficient (Wildman–Crippen LogP) is 9.94. The van der Waals surface area contributed by atoms with E-state index in [9.17, 15) is 0 Å². The molecule has 0 radical (unpaired) electrons. The minimum absolute atomic E-state index is 0. The molecule has 0 aliphatic carbocycles. The summed E-state index contributed by atoms with van der Waals surface area (Å²) in [5.41, 5.74) is 9.80. The van der Waals surface area contributed by atoms with Crippen molar-refractivity contribution in [2.75, 3.05) is 0 Å². The summed E-state index contributed by atoms with van der Waals surface area (Å²) in [5, 5.41) is 7.14. The number of hydrogen-bond donors (Lipinski definition) is 0. The van der Waals surface area contributed by atoms with E-state index in [0.717, 1.165) is 56.9 Å². The Morgan fingerprint density at radius 3 is 2.35 bits per heavy atom. The molecule has 4 aromatic carbocycles. The van der Waals surface area contributed by atoms with Crippen molar-refractivity contribution in [3.63, 3.8) is 0 Å². The molecular formula is C40H36N4OPt. The number of pyridine rings is 1. The van der Waals surface area contributed by atoms with Crippen LogP contribution in [-0.2, 0) is 27.5 Å². The van der Waals surface area contributed by atoms with Crippen LogP contribution in [0, 0.1) is 38.3 Å². The Hall–Kier alpha value is -4.47. The van der Waals surface area contributed by atoms with Crippen LogP contribution in [0.5, 0.6) is 11.5 Å². The summed E-state index contributed by atoms with van der Waals surface area (Å²) >= 11 is 0. The van der Waals surface area contributed by atoms with Gasteiger partial charge < -0.3 is 9.30 Å². The summed E-state index contributed by atoms with van der Waals surface area (Å²) in [4.78, 5) is 4.82. The van der Waals surface area contributed by atoms with Crippen LogP contribution in [-0.4, -0.2) is 19.3 Å². The van der Waals surface area contributed by atoms with Crippen molar-refractivity contribution in [3.05, 3.63) is 132 Å². The summed E-state index contributed by atoms with van der Waals surface area (Å²) in [5.74, 6) is 2.09. The molecule has 7 rings (SSSR count). The summed E-state index contributed by atoms with van der Waals surface area (Å²) in [6.07, 6.45) is 2.87. The molecule has 0 unspecified atom stereocenters. The van der Waals surface area contributed by atoms with Gasteiger partial charge in [-0.15, -0.1) is 35.7 Å². The van der Waals surface area contributed by atoms with E-state index in [-0.39, 0.29) is 26.5 Å². The number of ether oxygens (including phenoxy) is 1. The maximum Gasteiger partial charge on any atom is 2.00 e. The fourth-order valence-corrected chi connectivity index (χ4v) is 6.28. The molecule has 0 atom stereocenters. The number of nitrogens with zero attached hydrogens (tertiary/aromatic N) is 4. The normalized spacial score (nSPS) is 11.6. The zero-order valence-corrected chi connectivity index (χ0v) is 29.2. The second-order valence-corrected chi connectivity index (χ2v) is 13.0. The van der Waals surface area contributed by atoms with Crippen LogP contribution in [0.3, 0.4) is 0 Å². The Balaban J connectivity index is 0.00000372. The number of fused-ring (bicyclic) bond motifs is 3. The topological polar surface area (TPSA) is 44.9 Å². The average Bonchev–Trinajstić information content (AvgIpc) is 3.49. The molecular weight excluding hydrogens is 748 g/mol. The standard InChI is InChI=1S/C40H36N4O.Pt/c1-26-15-18-36-35(21-26)34-17-16-33(24-37(34)43(36)38-22-29(19-20-41-38)25-40(4,5)6)45-32-14-10-13-31(23-32)44-28(3)39(27(2)42-44)30-11-8-7-9-12-30;/h7-22H,25H2,1-6H3;/q-2;+2. The second-order valence-electron chi connectivity index (χ2n) is 13.0. The largest absolute Gasteiger partial charge is 2.00 e. The van der Waals surface area contributed by atoms with Gasteiger partial charge in [-0.2, -0.15) is 17.2 Å². The van der Waals surface area contributed by atoms with Gasteiger partial charge in [0, 0.05) is 34.5 Å². The Morgan fingerprint density at radius 1 is 0.783 bits per heavy atom. The van der Waals surface area contributed by atoms with Crippen molar-refractivity contribution < 1.29 is 25.8 Å². The van der Waals surface area contributed by atoms with Crippen molar-refractivity contribution in [2.45, 2.75) is 48.0 Å². The molecule has 46 heavy (non-hydrogen) atoms. The van der Waals surface area contributed by atoms with Crippen molar-refractivity contribution in [1.29, 1.82) is 0 Å². The molecule has 0 saturated carbocycles. The molecule has 0 amide bonds. The first-order valence-electron chi connectivity index (χ1n) is 15.4. The minimum atomic E-state index is 0. The smallest absolute Gasteiger partial charge is 0.509 e. The molecule has 6 heteroatoms. The van der Waals surface area contributed by atoms with E-state index < -0.39 is 0 Å². The molecule has 3 heterocycles. The van der Waals surface area contributed by atoms with E-state index in [1.54, 1.807) is 0 Å². The zero-order chi connectivity index (χ0) is 31.3. The fraction of sp³-hybridized carbons (Fsp3) is 0.200. The monoisotopic (exact) mass is 783 g/mol. The first-order chi connectivity index (χ1) is 21.6. The number of hydrogen-bond acceptors (Lipinski definition) is 3. The quantitative estimate of drug-likeness (QED) is 0.158. The minimum Gasteiger partial charge on any atom is -0.509 e. The van der Waals surface area contributed by atoms with Crippen molar-refractivity contribution in [3.8, 4) is 34.1 Å². The van der Waals surface area contributed by atoms with Gasteiger partial charge in [0.2, 0.25) is 0 Å². The number of aryl methyl sites for hydroxylation is 2. The van der Waals surface area contributed by atoms with Gasteiger partial charge >= 0.3 is 21.1 Å². The van der Waals surface area contributed by atoms with Crippen molar-refractivity contribution in [1.82, 2.24) is 19.3 Å². The molecule has 3 aromatic heterocycles. The Kier molecular flexibility index (Phi) is 8.48. The molecule has 0 bridgehead atoms. The second kappa shape index (κ2) is 12.4. The molecule has 5 nitrogen and oxygen atoms in total. The third-order valence-electron chi connectivity index (χ3n) is 8.13. The van der Waals surface area contributed by atoms with E-state index in [4.69, 9.17) is 14.8 Å². The van der Waals surface area contributed by atoms with Crippen LogP contribution in [0.2, 0.25) is 0 Å². The molecule has 0 N–H and O–H groups in total. The molecule has 0 fully saturated rings. The predicted molar refractivity (Wildman–Crippen MR) is 183 cm³/mol. The van der Waals surface area contributed by atoms with Gasteiger partial charge in [-0.25, -0.2) is 4.98 Å². The van der Waals surface area contributed by atoms with Gasteiger partial charge in [-0.1, -0.05) is 74.3 Å². The van der Waals surface area contributed by atoms with E-state index >= 15 is 0 Å². The van der Waals surface area contributed by atoms with E-state index in [0.29, 0.717) is 11.5 Å². The van der Waals surface area contributed by atoms with Crippen LogP contribution in [0.25, 0.3) is 44.4 Å². The Bertz CT molecular complexity index is 2190. The summed E-state index contributed by atoms with van der Waals surface area (Å²) < 4.78 is 10.6. The van der Waals surface area contributed by atoms with Crippen LogP contribution in [0.1, 0.15) is 43.3 Å². The number of benzene rings is 4. The summed E-state index contributed by atoms with van der Waals surface area (Å²) in [6, 6.07) is 38.3. The van der Waals surface area contributed by atoms with Crippen LogP contribution in [0.4, 0.5) is 0 Å².